The summed E-state index contributed by atoms with van der Waals surface area (Å²) in [5.74, 6) is 0. The van der Waals surface area contributed by atoms with Crippen LogP contribution in [0, 0.1) is 0 Å². The van der Waals surface area contributed by atoms with Crippen molar-refractivity contribution in [1.82, 2.24) is 4.90 Å². The first-order chi connectivity index (χ1) is 7.19. The first-order valence-electron chi connectivity index (χ1n) is 6.26. The van der Waals surface area contributed by atoms with Crippen LogP contribution in [0.1, 0.15) is 53.9 Å². The summed E-state index contributed by atoms with van der Waals surface area (Å²) in [4.78, 5) is 2.41. The molecule has 96 valence electrons. The molecule has 1 N–H and O–H groups in total. The summed E-state index contributed by atoms with van der Waals surface area (Å²) in [7, 11) is 2.17. The molecule has 0 spiro atoms. The highest BCUT2D eigenvalue weighted by Crippen LogP contribution is 2.38. The van der Waals surface area contributed by atoms with Gasteiger partial charge in [-0.3, -0.25) is 4.90 Å². The van der Waals surface area contributed by atoms with Crippen molar-refractivity contribution in [2.24, 2.45) is 0 Å². The predicted molar refractivity (Wildman–Crippen MR) is 66.3 cm³/mol. The zero-order valence-electron chi connectivity index (χ0n) is 11.6. The quantitative estimate of drug-likeness (QED) is 0.754. The average molecular weight is 229 g/mol. The molecule has 0 amide bonds. The van der Waals surface area contributed by atoms with E-state index < -0.39 is 6.29 Å². The van der Waals surface area contributed by atoms with Crippen LogP contribution in [-0.4, -0.2) is 40.5 Å². The van der Waals surface area contributed by atoms with Crippen LogP contribution in [-0.2, 0) is 4.74 Å². The van der Waals surface area contributed by atoms with Gasteiger partial charge in [-0.1, -0.05) is 6.92 Å². The molecular formula is C13H27NO2. The molecular weight excluding hydrogens is 202 g/mol. The van der Waals surface area contributed by atoms with E-state index in [0.29, 0.717) is 6.42 Å². The first-order valence-corrected chi connectivity index (χ1v) is 6.26. The van der Waals surface area contributed by atoms with Gasteiger partial charge in [-0.15, -0.1) is 0 Å². The number of aliphatic hydroxyl groups excluding tert-OH is 1. The summed E-state index contributed by atoms with van der Waals surface area (Å²) in [6.45, 7) is 10.9. The molecule has 16 heavy (non-hydrogen) atoms. The van der Waals surface area contributed by atoms with Crippen LogP contribution in [0.15, 0.2) is 0 Å². The summed E-state index contributed by atoms with van der Waals surface area (Å²) >= 11 is 0. The fourth-order valence-corrected chi connectivity index (χ4v) is 2.69. The van der Waals surface area contributed by atoms with Crippen LogP contribution in [0.4, 0.5) is 0 Å². The van der Waals surface area contributed by atoms with Crippen LogP contribution >= 0.6 is 0 Å². The Morgan fingerprint density at radius 2 is 1.69 bits per heavy atom. The minimum atomic E-state index is -0.611. The lowest BCUT2D eigenvalue weighted by Crippen LogP contribution is -2.60. The maximum atomic E-state index is 9.58. The number of rotatable bonds is 3. The van der Waals surface area contributed by atoms with E-state index in [2.05, 4.69) is 39.6 Å². The molecule has 1 saturated heterocycles. The van der Waals surface area contributed by atoms with E-state index in [0.717, 1.165) is 12.8 Å². The molecule has 0 saturated carbocycles. The van der Waals surface area contributed by atoms with Gasteiger partial charge in [0.25, 0.3) is 0 Å². The molecule has 1 aliphatic heterocycles. The summed E-state index contributed by atoms with van der Waals surface area (Å²) in [6.07, 6.45) is 2.16. The Balaban J connectivity index is 2.71. The second kappa shape index (κ2) is 4.63. The zero-order valence-corrected chi connectivity index (χ0v) is 11.6. The van der Waals surface area contributed by atoms with E-state index in [1.54, 1.807) is 0 Å². The molecule has 1 rings (SSSR count). The van der Waals surface area contributed by atoms with Crippen molar-refractivity contribution in [1.29, 1.82) is 0 Å². The third kappa shape index (κ3) is 2.96. The molecule has 3 nitrogen and oxygen atoms in total. The van der Waals surface area contributed by atoms with E-state index in [4.69, 9.17) is 4.74 Å². The normalized spacial score (nSPS) is 27.9. The van der Waals surface area contributed by atoms with Gasteiger partial charge >= 0.3 is 0 Å². The maximum absolute atomic E-state index is 9.58. The number of ether oxygens (including phenoxy) is 1. The molecule has 0 aliphatic carbocycles. The number of piperidine rings is 1. The summed E-state index contributed by atoms with van der Waals surface area (Å²) in [5.41, 5.74) is 0.250. The fourth-order valence-electron chi connectivity index (χ4n) is 2.69. The smallest absolute Gasteiger partial charge is 0.154 e. The summed E-state index contributed by atoms with van der Waals surface area (Å²) < 4.78 is 5.69. The number of likely N-dealkylation sites (tertiary alicyclic amines) is 1. The third-order valence-electron chi connectivity index (χ3n) is 3.97. The van der Waals surface area contributed by atoms with Crippen molar-refractivity contribution in [2.45, 2.75) is 77.4 Å². The van der Waals surface area contributed by atoms with E-state index >= 15 is 0 Å². The van der Waals surface area contributed by atoms with E-state index in [9.17, 15) is 5.11 Å². The van der Waals surface area contributed by atoms with E-state index in [1.807, 2.05) is 6.92 Å². The van der Waals surface area contributed by atoms with Gasteiger partial charge in [-0.05, 0) is 54.0 Å². The molecule has 3 heteroatoms. The highest BCUT2D eigenvalue weighted by Gasteiger charge is 2.43. The maximum Gasteiger partial charge on any atom is 0.154 e. The van der Waals surface area contributed by atoms with Gasteiger partial charge in [0.1, 0.15) is 0 Å². The molecule has 1 unspecified atom stereocenters. The lowest BCUT2D eigenvalue weighted by molar-refractivity contribution is -0.177. The van der Waals surface area contributed by atoms with Crippen LogP contribution in [0.5, 0.6) is 0 Å². The Morgan fingerprint density at radius 3 is 2.06 bits per heavy atom. The molecule has 0 aromatic heterocycles. The SMILES string of the molecule is CCC(O)OC1CC(C)(C)N(C)C(C)(C)C1. The van der Waals surface area contributed by atoms with Crippen molar-refractivity contribution in [3.63, 3.8) is 0 Å². The Kier molecular flexibility index (Phi) is 4.04. The highest BCUT2D eigenvalue weighted by molar-refractivity contribution is 4.98. The van der Waals surface area contributed by atoms with Gasteiger partial charge in [0, 0.05) is 11.1 Å². The van der Waals surface area contributed by atoms with E-state index in [-0.39, 0.29) is 17.2 Å². The van der Waals surface area contributed by atoms with Crippen molar-refractivity contribution in [3.8, 4) is 0 Å². The first kappa shape index (κ1) is 13.9. The van der Waals surface area contributed by atoms with Gasteiger partial charge < -0.3 is 9.84 Å². The molecule has 1 fully saturated rings. The van der Waals surface area contributed by atoms with Crippen LogP contribution in [0.2, 0.25) is 0 Å². The van der Waals surface area contributed by atoms with Gasteiger partial charge in [-0.2, -0.15) is 0 Å². The van der Waals surface area contributed by atoms with Gasteiger partial charge in [0.05, 0.1) is 6.10 Å². The number of aliphatic hydroxyl groups is 1. The summed E-state index contributed by atoms with van der Waals surface area (Å²) in [5, 5.41) is 9.58. The molecule has 1 atom stereocenters. The number of hydrogen-bond acceptors (Lipinski definition) is 3. The van der Waals surface area contributed by atoms with Crippen LogP contribution < -0.4 is 0 Å². The number of nitrogens with zero attached hydrogens (tertiary/aromatic N) is 1. The standard InChI is InChI=1S/C13H27NO2/c1-7-11(15)16-10-8-12(2,3)14(6)13(4,5)9-10/h10-11,15H,7-9H2,1-6H3. The Labute approximate surface area is 99.8 Å². The predicted octanol–water partition coefficient (Wildman–Crippen LogP) is 2.38. The topological polar surface area (TPSA) is 32.7 Å². The zero-order chi connectivity index (χ0) is 12.6. The lowest BCUT2D eigenvalue weighted by atomic mass is 9.79. The molecule has 0 bridgehead atoms. The van der Waals surface area contributed by atoms with Crippen molar-refractivity contribution >= 4 is 0 Å². The highest BCUT2D eigenvalue weighted by atomic mass is 16.6. The fraction of sp³-hybridized carbons (Fsp3) is 1.00. The van der Waals surface area contributed by atoms with E-state index in [1.165, 1.54) is 0 Å². The minimum Gasteiger partial charge on any atom is -0.368 e. The number of hydrogen-bond donors (Lipinski definition) is 1. The molecule has 1 aliphatic rings. The Bertz CT molecular complexity index is 220. The molecule has 0 aromatic carbocycles. The molecule has 0 aromatic rings. The Morgan fingerprint density at radius 1 is 1.25 bits per heavy atom. The second-order valence-electron chi connectivity index (χ2n) is 6.21. The monoisotopic (exact) mass is 229 g/mol. The lowest BCUT2D eigenvalue weighted by Gasteiger charge is -2.53. The van der Waals surface area contributed by atoms with Crippen molar-refractivity contribution in [2.75, 3.05) is 7.05 Å². The van der Waals surface area contributed by atoms with Gasteiger partial charge in [-0.25, -0.2) is 0 Å². The molecule has 0 radical (unpaired) electrons. The average Bonchev–Trinajstić information content (AvgIpc) is 2.13. The van der Waals surface area contributed by atoms with Gasteiger partial charge in [0.15, 0.2) is 6.29 Å². The minimum absolute atomic E-state index is 0.125. The largest absolute Gasteiger partial charge is 0.368 e. The van der Waals surface area contributed by atoms with Crippen LogP contribution in [0.25, 0.3) is 0 Å². The molecule has 1 heterocycles. The van der Waals surface area contributed by atoms with Crippen LogP contribution in [0.3, 0.4) is 0 Å². The Hall–Kier alpha value is -0.120. The summed E-state index contributed by atoms with van der Waals surface area (Å²) in [6, 6.07) is 0. The van der Waals surface area contributed by atoms with Crippen molar-refractivity contribution in [3.05, 3.63) is 0 Å². The third-order valence-corrected chi connectivity index (χ3v) is 3.97. The van der Waals surface area contributed by atoms with Gasteiger partial charge in [0.2, 0.25) is 0 Å². The second-order valence-corrected chi connectivity index (χ2v) is 6.21. The van der Waals surface area contributed by atoms with Crippen molar-refractivity contribution < 1.29 is 9.84 Å².